The maximum atomic E-state index is 13.7. The lowest BCUT2D eigenvalue weighted by Gasteiger charge is -2.08. The average Bonchev–Trinajstić information content (AvgIpc) is 2.42. The van der Waals surface area contributed by atoms with Crippen LogP contribution in [0.15, 0.2) is 30.3 Å². The zero-order valence-electron chi connectivity index (χ0n) is 10.1. The molecule has 0 atom stereocenters. The number of hydrogen-bond acceptors (Lipinski definition) is 3. The molecule has 0 aliphatic heterocycles. The number of nitro benzene ring substituents is 1. The van der Waals surface area contributed by atoms with E-state index in [1.54, 1.807) is 0 Å². The molecule has 0 radical (unpaired) electrons. The van der Waals surface area contributed by atoms with Crippen LogP contribution in [0.5, 0.6) is 0 Å². The fraction of sp³-hybridized carbons (Fsp3) is 0. The van der Waals surface area contributed by atoms with Gasteiger partial charge in [0.15, 0.2) is 11.6 Å². The highest BCUT2D eigenvalue weighted by Crippen LogP contribution is 2.30. The maximum Gasteiger partial charge on any atom is 0.336 e. The van der Waals surface area contributed by atoms with Gasteiger partial charge < -0.3 is 5.11 Å². The van der Waals surface area contributed by atoms with Crippen LogP contribution in [0, 0.1) is 27.6 Å². The van der Waals surface area contributed by atoms with E-state index in [0.29, 0.717) is 6.07 Å². The number of hydrogen-bond donors (Lipinski definition) is 1. The summed E-state index contributed by atoms with van der Waals surface area (Å²) in [5, 5.41) is 19.7. The van der Waals surface area contributed by atoms with Crippen LogP contribution in [-0.4, -0.2) is 16.0 Å². The molecule has 0 saturated heterocycles. The van der Waals surface area contributed by atoms with Gasteiger partial charge in [-0.25, -0.2) is 18.0 Å². The summed E-state index contributed by atoms with van der Waals surface area (Å²) in [6.07, 6.45) is 0. The largest absolute Gasteiger partial charge is 0.478 e. The standard InChI is InChI=1S/C13H6F3NO4/c14-10-5-12(16)11(15)4-8(10)7-2-1-6(17(20)21)3-9(7)13(18)19/h1-5H,(H,18,19). The van der Waals surface area contributed by atoms with Crippen molar-refractivity contribution in [2.45, 2.75) is 0 Å². The van der Waals surface area contributed by atoms with Crippen LogP contribution >= 0.6 is 0 Å². The van der Waals surface area contributed by atoms with E-state index in [9.17, 15) is 28.1 Å². The number of nitro groups is 1. The molecule has 2 rings (SSSR count). The van der Waals surface area contributed by atoms with Gasteiger partial charge in [-0.2, -0.15) is 0 Å². The highest BCUT2D eigenvalue weighted by atomic mass is 19.2. The molecule has 0 fully saturated rings. The second kappa shape index (κ2) is 5.23. The lowest BCUT2D eigenvalue weighted by Crippen LogP contribution is -2.03. The Balaban J connectivity index is 2.72. The number of halogens is 3. The lowest BCUT2D eigenvalue weighted by molar-refractivity contribution is -0.384. The predicted octanol–water partition coefficient (Wildman–Crippen LogP) is 3.38. The molecule has 5 nitrogen and oxygen atoms in total. The molecule has 21 heavy (non-hydrogen) atoms. The van der Waals surface area contributed by atoms with Crippen LogP contribution in [-0.2, 0) is 0 Å². The number of rotatable bonds is 3. The molecule has 0 amide bonds. The minimum Gasteiger partial charge on any atom is -0.478 e. The second-order valence-corrected chi connectivity index (χ2v) is 4.04. The van der Waals surface area contributed by atoms with Gasteiger partial charge in [0.2, 0.25) is 0 Å². The summed E-state index contributed by atoms with van der Waals surface area (Å²) in [5.41, 5.74) is -1.89. The van der Waals surface area contributed by atoms with Crippen molar-refractivity contribution in [2.24, 2.45) is 0 Å². The lowest BCUT2D eigenvalue weighted by atomic mass is 9.98. The number of carboxylic acids is 1. The molecule has 0 bridgehead atoms. The van der Waals surface area contributed by atoms with E-state index < -0.39 is 45.2 Å². The molecule has 1 N–H and O–H groups in total. The van der Waals surface area contributed by atoms with Gasteiger partial charge in [0.05, 0.1) is 10.5 Å². The van der Waals surface area contributed by atoms with Gasteiger partial charge in [0.1, 0.15) is 5.82 Å². The van der Waals surface area contributed by atoms with Crippen molar-refractivity contribution in [2.75, 3.05) is 0 Å². The van der Waals surface area contributed by atoms with Crippen molar-refractivity contribution >= 4 is 11.7 Å². The first-order valence-electron chi connectivity index (χ1n) is 5.48. The van der Waals surface area contributed by atoms with E-state index in [-0.39, 0.29) is 11.6 Å². The van der Waals surface area contributed by atoms with E-state index in [1.165, 1.54) is 0 Å². The minimum absolute atomic E-state index is 0.276. The van der Waals surface area contributed by atoms with Gasteiger partial charge in [-0.05, 0) is 17.7 Å². The predicted molar refractivity (Wildman–Crippen MR) is 65.4 cm³/mol. The number of non-ortho nitro benzene ring substituents is 1. The molecular formula is C13H6F3NO4. The van der Waals surface area contributed by atoms with Gasteiger partial charge in [0.25, 0.3) is 5.69 Å². The molecule has 0 aliphatic carbocycles. The zero-order valence-corrected chi connectivity index (χ0v) is 10.1. The van der Waals surface area contributed by atoms with Crippen molar-refractivity contribution in [3.63, 3.8) is 0 Å². The van der Waals surface area contributed by atoms with Crippen LogP contribution in [0.2, 0.25) is 0 Å². The summed E-state index contributed by atoms with van der Waals surface area (Å²) in [6, 6.07) is 3.41. The first kappa shape index (κ1) is 14.5. The summed E-state index contributed by atoms with van der Waals surface area (Å²) >= 11 is 0. The molecule has 0 spiro atoms. The Hall–Kier alpha value is -2.90. The van der Waals surface area contributed by atoms with Crippen LogP contribution in [0.1, 0.15) is 10.4 Å². The van der Waals surface area contributed by atoms with Gasteiger partial charge >= 0.3 is 5.97 Å². The highest BCUT2D eigenvalue weighted by molar-refractivity contribution is 5.96. The monoisotopic (exact) mass is 297 g/mol. The van der Waals surface area contributed by atoms with E-state index in [2.05, 4.69) is 0 Å². The molecule has 2 aromatic rings. The first-order chi connectivity index (χ1) is 9.81. The molecule has 2 aromatic carbocycles. The van der Waals surface area contributed by atoms with Crippen molar-refractivity contribution in [1.29, 1.82) is 0 Å². The fourth-order valence-corrected chi connectivity index (χ4v) is 1.79. The number of aromatic carboxylic acids is 1. The summed E-state index contributed by atoms with van der Waals surface area (Å²) in [4.78, 5) is 20.9. The summed E-state index contributed by atoms with van der Waals surface area (Å²) in [6.45, 7) is 0. The minimum atomic E-state index is -1.56. The van der Waals surface area contributed by atoms with Crippen LogP contribution in [0.4, 0.5) is 18.9 Å². The quantitative estimate of drug-likeness (QED) is 0.535. The van der Waals surface area contributed by atoms with E-state index in [1.807, 2.05) is 0 Å². The first-order valence-corrected chi connectivity index (χ1v) is 5.48. The fourth-order valence-electron chi connectivity index (χ4n) is 1.79. The van der Waals surface area contributed by atoms with Crippen molar-refractivity contribution in [3.05, 3.63) is 63.5 Å². The Morgan fingerprint density at radius 2 is 1.62 bits per heavy atom. The Morgan fingerprint density at radius 3 is 2.19 bits per heavy atom. The number of nitrogens with zero attached hydrogens (tertiary/aromatic N) is 1. The van der Waals surface area contributed by atoms with Crippen LogP contribution in [0.3, 0.4) is 0 Å². The summed E-state index contributed by atoms with van der Waals surface area (Å²) in [7, 11) is 0. The average molecular weight is 297 g/mol. The van der Waals surface area contributed by atoms with Crippen LogP contribution < -0.4 is 0 Å². The van der Waals surface area contributed by atoms with Gasteiger partial charge in [-0.3, -0.25) is 10.1 Å². The number of carboxylic acid groups (broad SMARTS) is 1. The Labute approximate surface area is 115 Å². The normalized spacial score (nSPS) is 10.4. The molecule has 0 heterocycles. The molecule has 108 valence electrons. The van der Waals surface area contributed by atoms with Crippen molar-refractivity contribution in [1.82, 2.24) is 0 Å². The molecule has 0 aliphatic rings. The molecular weight excluding hydrogens is 291 g/mol. The smallest absolute Gasteiger partial charge is 0.336 e. The van der Waals surface area contributed by atoms with E-state index >= 15 is 0 Å². The number of benzene rings is 2. The van der Waals surface area contributed by atoms with Gasteiger partial charge in [-0.15, -0.1) is 0 Å². The molecule has 0 aromatic heterocycles. The van der Waals surface area contributed by atoms with Gasteiger partial charge in [0, 0.05) is 23.8 Å². The van der Waals surface area contributed by atoms with Crippen molar-refractivity contribution < 1.29 is 28.0 Å². The van der Waals surface area contributed by atoms with E-state index in [0.717, 1.165) is 18.2 Å². The van der Waals surface area contributed by atoms with Crippen molar-refractivity contribution in [3.8, 4) is 11.1 Å². The Bertz CT molecular complexity index is 761. The summed E-state index contributed by atoms with van der Waals surface area (Å²) < 4.78 is 39.8. The third kappa shape index (κ3) is 2.69. The third-order valence-corrected chi connectivity index (χ3v) is 2.74. The molecule has 8 heteroatoms. The zero-order chi connectivity index (χ0) is 15.7. The highest BCUT2D eigenvalue weighted by Gasteiger charge is 2.20. The summed E-state index contributed by atoms with van der Waals surface area (Å²) in [5.74, 6) is -5.51. The number of carbonyl (C=O) groups is 1. The Morgan fingerprint density at radius 1 is 1.00 bits per heavy atom. The SMILES string of the molecule is O=C(O)c1cc([N+](=O)[O-])ccc1-c1cc(F)c(F)cc1F. The van der Waals surface area contributed by atoms with Crippen LogP contribution in [0.25, 0.3) is 11.1 Å². The molecule has 0 saturated carbocycles. The second-order valence-electron chi connectivity index (χ2n) is 4.04. The Kier molecular flexibility index (Phi) is 3.62. The maximum absolute atomic E-state index is 13.7. The topological polar surface area (TPSA) is 80.4 Å². The third-order valence-electron chi connectivity index (χ3n) is 2.74. The molecule has 0 unspecified atom stereocenters. The van der Waals surface area contributed by atoms with E-state index in [4.69, 9.17) is 5.11 Å². The van der Waals surface area contributed by atoms with Gasteiger partial charge in [-0.1, -0.05) is 0 Å².